The maximum Gasteiger partial charge on any atom is 0.123 e. The number of benzene rings is 1. The molecule has 0 unspecified atom stereocenters. The van der Waals surface area contributed by atoms with Crippen LogP contribution in [0.4, 0.5) is 5.82 Å². The fraction of sp³-hybridized carbons (Fsp3) is 0.214. The SMILES string of the molecule is CCc1cc(N)ncc1-c1ccc(C)cc1. The molecule has 0 radical (unpaired) electrons. The number of nitrogen functional groups attached to an aromatic ring is 1. The second-order valence-electron chi connectivity index (χ2n) is 3.99. The van der Waals surface area contributed by atoms with Crippen LogP contribution in [0.15, 0.2) is 36.5 Å². The van der Waals surface area contributed by atoms with Crippen molar-refractivity contribution < 1.29 is 0 Å². The van der Waals surface area contributed by atoms with Gasteiger partial charge in [0.05, 0.1) is 0 Å². The summed E-state index contributed by atoms with van der Waals surface area (Å²) in [5.74, 6) is 0.590. The van der Waals surface area contributed by atoms with Gasteiger partial charge in [-0.3, -0.25) is 0 Å². The third kappa shape index (κ3) is 2.06. The lowest BCUT2D eigenvalue weighted by Gasteiger charge is -2.08. The van der Waals surface area contributed by atoms with Crippen LogP contribution in [0.5, 0.6) is 0 Å². The Kier molecular flexibility index (Phi) is 2.91. The third-order valence-electron chi connectivity index (χ3n) is 2.75. The second kappa shape index (κ2) is 4.35. The molecular weight excluding hydrogens is 196 g/mol. The smallest absolute Gasteiger partial charge is 0.123 e. The predicted molar refractivity (Wildman–Crippen MR) is 68.2 cm³/mol. The van der Waals surface area contributed by atoms with E-state index in [1.165, 1.54) is 22.3 Å². The highest BCUT2D eigenvalue weighted by Crippen LogP contribution is 2.24. The van der Waals surface area contributed by atoms with Gasteiger partial charge < -0.3 is 5.73 Å². The monoisotopic (exact) mass is 212 g/mol. The van der Waals surface area contributed by atoms with Gasteiger partial charge in [0.25, 0.3) is 0 Å². The van der Waals surface area contributed by atoms with Gasteiger partial charge in [-0.2, -0.15) is 0 Å². The van der Waals surface area contributed by atoms with Crippen LogP contribution in [0.3, 0.4) is 0 Å². The van der Waals surface area contributed by atoms with Crippen LogP contribution >= 0.6 is 0 Å². The molecule has 82 valence electrons. The molecule has 0 saturated heterocycles. The van der Waals surface area contributed by atoms with Crippen molar-refractivity contribution in [3.63, 3.8) is 0 Å². The Balaban J connectivity index is 2.51. The van der Waals surface area contributed by atoms with Crippen molar-refractivity contribution in [1.29, 1.82) is 0 Å². The Bertz CT molecular complexity index is 487. The molecule has 2 rings (SSSR count). The maximum atomic E-state index is 5.69. The van der Waals surface area contributed by atoms with E-state index in [2.05, 4.69) is 43.1 Å². The van der Waals surface area contributed by atoms with Crippen molar-refractivity contribution in [3.8, 4) is 11.1 Å². The third-order valence-corrected chi connectivity index (χ3v) is 2.75. The maximum absolute atomic E-state index is 5.69. The Labute approximate surface area is 96.1 Å². The zero-order chi connectivity index (χ0) is 11.5. The van der Waals surface area contributed by atoms with Crippen LogP contribution < -0.4 is 5.73 Å². The standard InChI is InChI=1S/C14H16N2/c1-3-11-8-14(15)16-9-13(11)12-6-4-10(2)5-7-12/h4-9H,3H2,1-2H3,(H2,15,16). The quantitative estimate of drug-likeness (QED) is 0.830. The summed E-state index contributed by atoms with van der Waals surface area (Å²) < 4.78 is 0. The van der Waals surface area contributed by atoms with Gasteiger partial charge in [0.2, 0.25) is 0 Å². The summed E-state index contributed by atoms with van der Waals surface area (Å²) in [6.07, 6.45) is 2.83. The minimum atomic E-state index is 0.590. The molecule has 0 bridgehead atoms. The van der Waals surface area contributed by atoms with Gasteiger partial charge in [-0.15, -0.1) is 0 Å². The summed E-state index contributed by atoms with van der Waals surface area (Å²) in [6, 6.07) is 10.4. The Morgan fingerprint density at radius 2 is 1.88 bits per heavy atom. The van der Waals surface area contributed by atoms with Crippen molar-refractivity contribution in [1.82, 2.24) is 4.98 Å². The number of rotatable bonds is 2. The molecule has 1 aromatic heterocycles. The lowest BCUT2D eigenvalue weighted by molar-refractivity contribution is 1.12. The van der Waals surface area contributed by atoms with Gasteiger partial charge in [-0.25, -0.2) is 4.98 Å². The lowest BCUT2D eigenvalue weighted by Crippen LogP contribution is -1.95. The zero-order valence-corrected chi connectivity index (χ0v) is 9.70. The fourth-order valence-corrected chi connectivity index (χ4v) is 1.80. The van der Waals surface area contributed by atoms with E-state index in [0.29, 0.717) is 5.82 Å². The molecule has 2 heteroatoms. The Morgan fingerprint density at radius 1 is 1.19 bits per heavy atom. The van der Waals surface area contributed by atoms with Crippen molar-refractivity contribution in [3.05, 3.63) is 47.7 Å². The molecule has 0 fully saturated rings. The highest BCUT2D eigenvalue weighted by atomic mass is 14.8. The summed E-state index contributed by atoms with van der Waals surface area (Å²) in [5, 5.41) is 0. The van der Waals surface area contributed by atoms with E-state index in [4.69, 9.17) is 5.73 Å². The first-order valence-corrected chi connectivity index (χ1v) is 5.52. The summed E-state index contributed by atoms with van der Waals surface area (Å²) in [6.45, 7) is 4.22. The van der Waals surface area contributed by atoms with Crippen molar-refractivity contribution >= 4 is 5.82 Å². The highest BCUT2D eigenvalue weighted by Gasteiger charge is 2.04. The van der Waals surface area contributed by atoms with E-state index in [1.807, 2.05) is 12.3 Å². The molecule has 1 heterocycles. The number of anilines is 1. The largest absolute Gasteiger partial charge is 0.384 e. The van der Waals surface area contributed by atoms with Crippen LogP contribution in [0.1, 0.15) is 18.1 Å². The van der Waals surface area contributed by atoms with Crippen LogP contribution in [-0.4, -0.2) is 4.98 Å². The first-order chi connectivity index (χ1) is 7.70. The van der Waals surface area contributed by atoms with Gasteiger partial charge >= 0.3 is 0 Å². The minimum absolute atomic E-state index is 0.590. The summed E-state index contributed by atoms with van der Waals surface area (Å²) in [4.78, 5) is 4.16. The Morgan fingerprint density at radius 3 is 2.50 bits per heavy atom. The van der Waals surface area contributed by atoms with Crippen molar-refractivity contribution in [2.75, 3.05) is 5.73 Å². The zero-order valence-electron chi connectivity index (χ0n) is 9.70. The first-order valence-electron chi connectivity index (χ1n) is 5.52. The molecule has 16 heavy (non-hydrogen) atoms. The molecule has 2 N–H and O–H groups in total. The molecular formula is C14H16N2. The Hall–Kier alpha value is -1.83. The predicted octanol–water partition coefficient (Wildman–Crippen LogP) is 3.20. The number of nitrogens with zero attached hydrogens (tertiary/aromatic N) is 1. The molecule has 0 amide bonds. The van der Waals surface area contributed by atoms with E-state index in [-0.39, 0.29) is 0 Å². The van der Waals surface area contributed by atoms with Gasteiger partial charge in [0.15, 0.2) is 0 Å². The van der Waals surface area contributed by atoms with E-state index < -0.39 is 0 Å². The fourth-order valence-electron chi connectivity index (χ4n) is 1.80. The second-order valence-corrected chi connectivity index (χ2v) is 3.99. The molecule has 0 aliphatic carbocycles. The number of hydrogen-bond donors (Lipinski definition) is 1. The number of hydrogen-bond acceptors (Lipinski definition) is 2. The van der Waals surface area contributed by atoms with Crippen LogP contribution in [0.25, 0.3) is 11.1 Å². The van der Waals surface area contributed by atoms with Gasteiger partial charge in [-0.05, 0) is 30.5 Å². The van der Waals surface area contributed by atoms with Crippen molar-refractivity contribution in [2.24, 2.45) is 0 Å². The number of aryl methyl sites for hydroxylation is 2. The number of aromatic nitrogens is 1. The van der Waals surface area contributed by atoms with Crippen LogP contribution in [0, 0.1) is 6.92 Å². The molecule has 0 spiro atoms. The summed E-state index contributed by atoms with van der Waals surface area (Å²) >= 11 is 0. The molecule has 1 aromatic carbocycles. The molecule has 0 saturated carbocycles. The molecule has 2 aromatic rings. The average Bonchev–Trinajstić information content (AvgIpc) is 2.30. The first kappa shape index (κ1) is 10.7. The number of pyridine rings is 1. The molecule has 0 aliphatic rings. The van der Waals surface area contributed by atoms with E-state index in [9.17, 15) is 0 Å². The molecule has 2 nitrogen and oxygen atoms in total. The summed E-state index contributed by atoms with van der Waals surface area (Å²) in [7, 11) is 0. The van der Waals surface area contributed by atoms with Gasteiger partial charge in [0, 0.05) is 11.8 Å². The van der Waals surface area contributed by atoms with E-state index in [0.717, 1.165) is 6.42 Å². The van der Waals surface area contributed by atoms with E-state index in [1.54, 1.807) is 0 Å². The lowest BCUT2D eigenvalue weighted by atomic mass is 9.99. The van der Waals surface area contributed by atoms with Crippen LogP contribution in [-0.2, 0) is 6.42 Å². The molecule has 0 aliphatic heterocycles. The highest BCUT2D eigenvalue weighted by molar-refractivity contribution is 5.68. The van der Waals surface area contributed by atoms with Gasteiger partial charge in [0.1, 0.15) is 5.82 Å². The molecule has 0 atom stereocenters. The number of nitrogens with two attached hydrogens (primary N) is 1. The minimum Gasteiger partial charge on any atom is -0.384 e. The topological polar surface area (TPSA) is 38.9 Å². The van der Waals surface area contributed by atoms with E-state index >= 15 is 0 Å². The summed E-state index contributed by atoms with van der Waals surface area (Å²) in [5.41, 5.74) is 10.6. The normalized spacial score (nSPS) is 10.4. The van der Waals surface area contributed by atoms with Gasteiger partial charge in [-0.1, -0.05) is 36.8 Å². The van der Waals surface area contributed by atoms with Crippen LogP contribution in [0.2, 0.25) is 0 Å². The van der Waals surface area contributed by atoms with Crippen molar-refractivity contribution in [2.45, 2.75) is 20.3 Å². The average molecular weight is 212 g/mol.